The van der Waals surface area contributed by atoms with E-state index in [1.807, 2.05) is 6.92 Å². The molecule has 1 heterocycles. The molecule has 0 fully saturated rings. The predicted octanol–water partition coefficient (Wildman–Crippen LogP) is 4.22. The number of benzene rings is 2. The van der Waals surface area contributed by atoms with E-state index in [0.717, 1.165) is 0 Å². The van der Waals surface area contributed by atoms with E-state index in [1.54, 1.807) is 63.7 Å². The molecule has 0 aliphatic heterocycles. The van der Waals surface area contributed by atoms with Crippen LogP contribution >= 0.6 is 11.6 Å². The fourth-order valence-electron chi connectivity index (χ4n) is 2.92. The third-order valence-electron chi connectivity index (χ3n) is 4.60. The van der Waals surface area contributed by atoms with Gasteiger partial charge in [-0.2, -0.15) is 4.98 Å². The summed E-state index contributed by atoms with van der Waals surface area (Å²) in [5.74, 6) is 2.24. The molecule has 0 spiro atoms. The second-order valence-electron chi connectivity index (χ2n) is 6.74. The number of likely N-dealkylation sites (N-methyl/N-ethyl adjacent to an activating group) is 1. The summed E-state index contributed by atoms with van der Waals surface area (Å²) < 4.78 is 21.8. The molecule has 9 heteroatoms. The van der Waals surface area contributed by atoms with Crippen molar-refractivity contribution in [2.24, 2.45) is 0 Å². The van der Waals surface area contributed by atoms with Crippen LogP contribution in [0.5, 0.6) is 17.2 Å². The molecular weight excluding hydrogens is 422 g/mol. The summed E-state index contributed by atoms with van der Waals surface area (Å²) in [7, 11) is 4.79. The Morgan fingerprint density at radius 2 is 1.84 bits per heavy atom. The van der Waals surface area contributed by atoms with Crippen molar-refractivity contribution in [3.63, 3.8) is 0 Å². The first-order valence-electron chi connectivity index (χ1n) is 9.67. The lowest BCUT2D eigenvalue weighted by molar-refractivity contribution is -0.138. The molecule has 0 bridgehead atoms. The highest BCUT2D eigenvalue weighted by molar-refractivity contribution is 6.30. The second-order valence-corrected chi connectivity index (χ2v) is 7.18. The Labute approximate surface area is 185 Å². The van der Waals surface area contributed by atoms with Gasteiger partial charge in [0.15, 0.2) is 6.10 Å². The maximum absolute atomic E-state index is 12.8. The molecule has 0 unspecified atom stereocenters. The van der Waals surface area contributed by atoms with Gasteiger partial charge in [-0.25, -0.2) is 0 Å². The number of nitrogens with zero attached hydrogens (tertiary/aromatic N) is 3. The minimum absolute atomic E-state index is 0.144. The first-order valence-corrected chi connectivity index (χ1v) is 10.0. The molecule has 3 aromatic rings. The number of rotatable bonds is 9. The second kappa shape index (κ2) is 10.2. The molecule has 0 saturated carbocycles. The molecule has 0 radical (unpaired) electrons. The number of hydrogen-bond donors (Lipinski definition) is 0. The fourth-order valence-corrected chi connectivity index (χ4v) is 3.05. The topological polar surface area (TPSA) is 86.9 Å². The summed E-state index contributed by atoms with van der Waals surface area (Å²) in [5, 5.41) is 4.62. The summed E-state index contributed by atoms with van der Waals surface area (Å²) in [6.45, 7) is 2.03. The van der Waals surface area contributed by atoms with Gasteiger partial charge in [0.05, 0.1) is 26.3 Å². The van der Waals surface area contributed by atoms with Gasteiger partial charge in [-0.3, -0.25) is 4.79 Å². The summed E-state index contributed by atoms with van der Waals surface area (Å²) in [6, 6.07) is 12.2. The highest BCUT2D eigenvalue weighted by Gasteiger charge is 2.24. The monoisotopic (exact) mass is 445 g/mol. The number of aromatic nitrogens is 2. The van der Waals surface area contributed by atoms with Gasteiger partial charge in [0.2, 0.25) is 11.7 Å². The van der Waals surface area contributed by atoms with Crippen LogP contribution in [0, 0.1) is 0 Å². The van der Waals surface area contributed by atoms with E-state index in [1.165, 1.54) is 4.90 Å². The van der Waals surface area contributed by atoms with Gasteiger partial charge in [-0.05, 0) is 42.8 Å². The van der Waals surface area contributed by atoms with Crippen molar-refractivity contribution in [1.82, 2.24) is 15.0 Å². The van der Waals surface area contributed by atoms with E-state index < -0.39 is 6.10 Å². The lowest BCUT2D eigenvalue weighted by Crippen LogP contribution is -2.39. The summed E-state index contributed by atoms with van der Waals surface area (Å²) in [5.41, 5.74) is 0.657. The number of ether oxygens (including phenoxy) is 3. The molecule has 3 rings (SSSR count). The van der Waals surface area contributed by atoms with Crippen LogP contribution in [0.15, 0.2) is 47.0 Å². The van der Waals surface area contributed by atoms with Crippen molar-refractivity contribution in [1.29, 1.82) is 0 Å². The van der Waals surface area contributed by atoms with Crippen LogP contribution in [-0.4, -0.2) is 48.3 Å². The van der Waals surface area contributed by atoms with Crippen molar-refractivity contribution < 1.29 is 23.5 Å². The fraction of sp³-hybridized carbons (Fsp3) is 0.318. The number of carbonyl (C=O) groups is 1. The Morgan fingerprint density at radius 3 is 2.48 bits per heavy atom. The van der Waals surface area contributed by atoms with Gasteiger partial charge in [0.1, 0.15) is 17.2 Å². The zero-order valence-corrected chi connectivity index (χ0v) is 18.5. The Kier molecular flexibility index (Phi) is 7.36. The molecule has 1 aromatic heterocycles. The van der Waals surface area contributed by atoms with E-state index in [2.05, 4.69) is 10.1 Å². The quantitative estimate of drug-likeness (QED) is 0.487. The minimum Gasteiger partial charge on any atom is -0.497 e. The number of hydrogen-bond acceptors (Lipinski definition) is 7. The average Bonchev–Trinajstić information content (AvgIpc) is 3.25. The van der Waals surface area contributed by atoms with Gasteiger partial charge in [0, 0.05) is 18.1 Å². The molecule has 2 aromatic carbocycles. The lowest BCUT2D eigenvalue weighted by atomic mass is 10.2. The summed E-state index contributed by atoms with van der Waals surface area (Å²) >= 11 is 5.90. The van der Waals surface area contributed by atoms with E-state index in [-0.39, 0.29) is 12.5 Å². The maximum atomic E-state index is 12.8. The van der Waals surface area contributed by atoms with Gasteiger partial charge >= 0.3 is 0 Å². The van der Waals surface area contributed by atoms with Crippen LogP contribution in [-0.2, 0) is 11.3 Å². The largest absolute Gasteiger partial charge is 0.497 e. The smallest absolute Gasteiger partial charge is 0.263 e. The van der Waals surface area contributed by atoms with Crippen molar-refractivity contribution in [2.75, 3.05) is 21.3 Å². The van der Waals surface area contributed by atoms with Gasteiger partial charge in [-0.15, -0.1) is 0 Å². The molecule has 31 heavy (non-hydrogen) atoms. The molecule has 0 N–H and O–H groups in total. The maximum Gasteiger partial charge on any atom is 0.263 e. The third-order valence-corrected chi connectivity index (χ3v) is 4.86. The molecular formula is C22H24ClN3O5. The van der Waals surface area contributed by atoms with E-state index >= 15 is 0 Å². The SMILES string of the molecule is CC[C@@H](Oc1ccc(Cl)cc1)C(=O)N(C)Cc1nc(-c2ccc(OC)cc2OC)no1. The Hall–Kier alpha value is -3.26. The van der Waals surface area contributed by atoms with Crippen LogP contribution < -0.4 is 14.2 Å². The van der Waals surface area contributed by atoms with Crippen LogP contribution in [0.2, 0.25) is 5.02 Å². The van der Waals surface area contributed by atoms with Crippen molar-refractivity contribution >= 4 is 17.5 Å². The normalized spacial score (nSPS) is 11.6. The Balaban J connectivity index is 1.69. The molecule has 1 atom stereocenters. The standard InChI is InChI=1S/C22H24ClN3O5/c1-5-18(30-15-8-6-14(23)7-9-15)22(27)26(2)13-20-24-21(25-31-20)17-11-10-16(28-3)12-19(17)29-4/h6-12,18H,5,13H2,1-4H3/t18-/m1/s1. The van der Waals surface area contributed by atoms with Crippen LogP contribution in [0.1, 0.15) is 19.2 Å². The number of carbonyl (C=O) groups excluding carboxylic acids is 1. The molecule has 164 valence electrons. The van der Waals surface area contributed by atoms with Crippen LogP contribution in [0.4, 0.5) is 0 Å². The summed E-state index contributed by atoms with van der Waals surface area (Å²) in [4.78, 5) is 18.7. The Bertz CT molecular complexity index is 1020. The van der Waals surface area contributed by atoms with E-state index in [4.69, 9.17) is 30.3 Å². The first kappa shape index (κ1) is 22.4. The van der Waals surface area contributed by atoms with Gasteiger partial charge in [-0.1, -0.05) is 23.7 Å². The molecule has 0 aliphatic rings. The van der Waals surface area contributed by atoms with Crippen molar-refractivity contribution in [3.8, 4) is 28.6 Å². The molecule has 8 nitrogen and oxygen atoms in total. The van der Waals surface area contributed by atoms with Crippen LogP contribution in [0.3, 0.4) is 0 Å². The summed E-state index contributed by atoms with van der Waals surface area (Å²) in [6.07, 6.45) is -0.139. The number of halogens is 1. The highest BCUT2D eigenvalue weighted by Crippen LogP contribution is 2.31. The molecule has 0 aliphatic carbocycles. The van der Waals surface area contributed by atoms with Gasteiger partial charge in [0.25, 0.3) is 5.91 Å². The lowest BCUT2D eigenvalue weighted by Gasteiger charge is -2.22. The minimum atomic E-state index is -0.643. The van der Waals surface area contributed by atoms with Gasteiger partial charge < -0.3 is 23.6 Å². The number of methoxy groups -OCH3 is 2. The van der Waals surface area contributed by atoms with E-state index in [0.29, 0.717) is 46.0 Å². The highest BCUT2D eigenvalue weighted by atomic mass is 35.5. The Morgan fingerprint density at radius 1 is 1.13 bits per heavy atom. The zero-order chi connectivity index (χ0) is 22.4. The average molecular weight is 446 g/mol. The first-order chi connectivity index (χ1) is 14.9. The third kappa shape index (κ3) is 5.46. The number of amides is 1. The van der Waals surface area contributed by atoms with Crippen molar-refractivity contribution in [3.05, 3.63) is 53.4 Å². The molecule has 1 amide bonds. The predicted molar refractivity (Wildman–Crippen MR) is 115 cm³/mol. The van der Waals surface area contributed by atoms with Crippen molar-refractivity contribution in [2.45, 2.75) is 26.0 Å². The van der Waals surface area contributed by atoms with E-state index in [9.17, 15) is 4.79 Å². The molecule has 0 saturated heterocycles. The zero-order valence-electron chi connectivity index (χ0n) is 17.8. The van der Waals surface area contributed by atoms with Crippen LogP contribution in [0.25, 0.3) is 11.4 Å².